The number of carboxylic acids is 1. The van der Waals surface area contributed by atoms with E-state index in [1.807, 2.05) is 0 Å². The minimum atomic E-state index is -2.98. The maximum Gasteiger partial charge on any atom is 0.387 e. The number of alkyl halides is 2. The van der Waals surface area contributed by atoms with Crippen LogP contribution in [0.4, 0.5) is 8.78 Å². The Kier molecular flexibility index (Phi) is 6.48. The molecule has 23 heavy (non-hydrogen) atoms. The molecule has 1 rings (SSSR count). The molecule has 7 heteroatoms. The van der Waals surface area contributed by atoms with Gasteiger partial charge in [-0.3, -0.25) is 9.59 Å². The number of carbonyl (C=O) groups excluding carboxylic acids is 1. The molecule has 0 aliphatic rings. The standard InChI is InChI=1S/C16H21F2NO4/c1-10(2)16(3,9-14(21)22)19-13(20)8-11-6-4-5-7-12(11)23-15(17)18/h4-7,10,15H,8-9H2,1-3H3,(H,19,20)(H,21,22). The van der Waals surface area contributed by atoms with E-state index in [4.69, 9.17) is 5.11 Å². The maximum absolute atomic E-state index is 12.4. The normalized spacial score (nSPS) is 13.7. The number of para-hydroxylation sites is 1. The number of carboxylic acid groups (broad SMARTS) is 1. The van der Waals surface area contributed by atoms with Crippen LogP contribution in [-0.2, 0) is 16.0 Å². The van der Waals surface area contributed by atoms with Gasteiger partial charge in [0.05, 0.1) is 12.8 Å². The molecule has 0 bridgehead atoms. The van der Waals surface area contributed by atoms with Gasteiger partial charge in [-0.2, -0.15) is 8.78 Å². The average molecular weight is 329 g/mol. The van der Waals surface area contributed by atoms with Gasteiger partial charge < -0.3 is 15.2 Å². The Balaban J connectivity index is 2.85. The summed E-state index contributed by atoms with van der Waals surface area (Å²) in [4.78, 5) is 23.2. The van der Waals surface area contributed by atoms with E-state index in [-0.39, 0.29) is 24.5 Å². The number of amides is 1. The van der Waals surface area contributed by atoms with Gasteiger partial charge in [0.1, 0.15) is 5.75 Å². The second kappa shape index (κ2) is 7.89. The lowest BCUT2D eigenvalue weighted by atomic mass is 9.85. The van der Waals surface area contributed by atoms with Crippen molar-refractivity contribution in [3.63, 3.8) is 0 Å². The summed E-state index contributed by atoms with van der Waals surface area (Å²) in [6.45, 7) is 2.27. The summed E-state index contributed by atoms with van der Waals surface area (Å²) in [6.07, 6.45) is -0.406. The van der Waals surface area contributed by atoms with Crippen LogP contribution in [0.15, 0.2) is 24.3 Å². The Labute approximate surface area is 133 Å². The Morgan fingerprint density at radius 2 is 1.91 bits per heavy atom. The number of aliphatic carboxylic acids is 1. The van der Waals surface area contributed by atoms with Crippen LogP contribution in [-0.4, -0.2) is 29.1 Å². The third-order valence-electron chi connectivity index (χ3n) is 3.76. The molecule has 0 aliphatic carbocycles. The van der Waals surface area contributed by atoms with Crippen molar-refractivity contribution < 1.29 is 28.2 Å². The molecule has 0 saturated carbocycles. The van der Waals surface area contributed by atoms with Crippen LogP contribution in [0.1, 0.15) is 32.8 Å². The largest absolute Gasteiger partial charge is 0.481 e. The van der Waals surface area contributed by atoms with Gasteiger partial charge in [-0.25, -0.2) is 0 Å². The molecule has 1 aromatic rings. The van der Waals surface area contributed by atoms with Gasteiger partial charge in [-0.1, -0.05) is 32.0 Å². The highest BCUT2D eigenvalue weighted by Crippen LogP contribution is 2.23. The summed E-state index contributed by atoms with van der Waals surface area (Å²) < 4.78 is 29.1. The van der Waals surface area contributed by atoms with E-state index in [9.17, 15) is 18.4 Å². The predicted molar refractivity (Wildman–Crippen MR) is 80.4 cm³/mol. The highest BCUT2D eigenvalue weighted by atomic mass is 19.3. The Bertz CT molecular complexity index is 563. The zero-order valence-electron chi connectivity index (χ0n) is 13.3. The Morgan fingerprint density at radius 1 is 1.30 bits per heavy atom. The van der Waals surface area contributed by atoms with Crippen LogP contribution in [0, 0.1) is 5.92 Å². The van der Waals surface area contributed by atoms with Crippen LogP contribution in [0.3, 0.4) is 0 Å². The van der Waals surface area contributed by atoms with E-state index in [1.165, 1.54) is 18.2 Å². The number of ether oxygens (including phenoxy) is 1. The second-order valence-electron chi connectivity index (χ2n) is 5.85. The highest BCUT2D eigenvalue weighted by molar-refractivity contribution is 5.81. The van der Waals surface area contributed by atoms with E-state index in [0.29, 0.717) is 5.56 Å². The van der Waals surface area contributed by atoms with Crippen LogP contribution in [0.2, 0.25) is 0 Å². The third-order valence-corrected chi connectivity index (χ3v) is 3.76. The fourth-order valence-electron chi connectivity index (χ4n) is 2.10. The SMILES string of the molecule is CC(C)C(C)(CC(=O)O)NC(=O)Cc1ccccc1OC(F)F. The summed E-state index contributed by atoms with van der Waals surface area (Å²) in [6, 6.07) is 6.01. The monoisotopic (exact) mass is 329 g/mol. The van der Waals surface area contributed by atoms with Gasteiger partial charge in [0.2, 0.25) is 5.91 Å². The molecule has 2 N–H and O–H groups in total. The van der Waals surface area contributed by atoms with Gasteiger partial charge in [-0.15, -0.1) is 0 Å². The number of rotatable bonds is 8. The Morgan fingerprint density at radius 3 is 2.43 bits per heavy atom. The number of carbonyl (C=O) groups is 2. The van der Waals surface area contributed by atoms with E-state index < -0.39 is 24.0 Å². The fraction of sp³-hybridized carbons (Fsp3) is 0.500. The molecule has 0 radical (unpaired) electrons. The smallest absolute Gasteiger partial charge is 0.387 e. The van der Waals surface area contributed by atoms with Gasteiger partial charge in [-0.05, 0) is 18.9 Å². The first-order valence-corrected chi connectivity index (χ1v) is 7.19. The van der Waals surface area contributed by atoms with Crippen molar-refractivity contribution in [2.75, 3.05) is 0 Å². The lowest BCUT2D eigenvalue weighted by Crippen LogP contribution is -2.51. The van der Waals surface area contributed by atoms with E-state index in [0.717, 1.165) is 0 Å². The number of hydrogen-bond donors (Lipinski definition) is 2. The van der Waals surface area contributed by atoms with Gasteiger partial charge in [0, 0.05) is 11.1 Å². The van der Waals surface area contributed by atoms with Gasteiger partial charge >= 0.3 is 12.6 Å². The van der Waals surface area contributed by atoms with E-state index in [2.05, 4.69) is 10.1 Å². The molecule has 1 aromatic carbocycles. The third kappa shape index (κ3) is 5.84. The lowest BCUT2D eigenvalue weighted by Gasteiger charge is -2.33. The van der Waals surface area contributed by atoms with Crippen molar-refractivity contribution in [2.45, 2.75) is 45.8 Å². The molecular weight excluding hydrogens is 308 g/mol. The fourth-order valence-corrected chi connectivity index (χ4v) is 2.10. The van der Waals surface area contributed by atoms with Crippen LogP contribution in [0.5, 0.6) is 5.75 Å². The van der Waals surface area contributed by atoms with Crippen molar-refractivity contribution in [3.05, 3.63) is 29.8 Å². The van der Waals surface area contributed by atoms with Crippen molar-refractivity contribution in [3.8, 4) is 5.75 Å². The van der Waals surface area contributed by atoms with Crippen LogP contribution >= 0.6 is 0 Å². The Hall–Kier alpha value is -2.18. The van der Waals surface area contributed by atoms with Crippen LogP contribution < -0.4 is 10.1 Å². The summed E-state index contributed by atoms with van der Waals surface area (Å²) in [5.74, 6) is -1.66. The zero-order chi connectivity index (χ0) is 17.6. The number of halogens is 2. The molecular formula is C16H21F2NO4. The van der Waals surface area contributed by atoms with Crippen LogP contribution in [0.25, 0.3) is 0 Å². The number of benzene rings is 1. The average Bonchev–Trinajstić information content (AvgIpc) is 2.39. The topological polar surface area (TPSA) is 75.6 Å². The molecule has 5 nitrogen and oxygen atoms in total. The van der Waals surface area contributed by atoms with Crippen molar-refractivity contribution in [1.29, 1.82) is 0 Å². The molecule has 0 fully saturated rings. The predicted octanol–water partition coefficient (Wildman–Crippen LogP) is 2.84. The summed E-state index contributed by atoms with van der Waals surface area (Å²) >= 11 is 0. The minimum Gasteiger partial charge on any atom is -0.481 e. The number of nitrogens with one attached hydrogen (secondary N) is 1. The molecule has 0 aliphatic heterocycles. The molecule has 1 unspecified atom stereocenters. The van der Waals surface area contributed by atoms with Crippen molar-refractivity contribution >= 4 is 11.9 Å². The van der Waals surface area contributed by atoms with Gasteiger partial charge in [0.15, 0.2) is 0 Å². The molecule has 0 heterocycles. The maximum atomic E-state index is 12.4. The quantitative estimate of drug-likeness (QED) is 0.769. The molecule has 1 amide bonds. The molecule has 0 saturated heterocycles. The lowest BCUT2D eigenvalue weighted by molar-refractivity contribution is -0.139. The summed E-state index contributed by atoms with van der Waals surface area (Å²) in [7, 11) is 0. The van der Waals surface area contributed by atoms with E-state index >= 15 is 0 Å². The summed E-state index contributed by atoms with van der Waals surface area (Å²) in [5, 5.41) is 11.7. The zero-order valence-corrected chi connectivity index (χ0v) is 13.3. The molecule has 1 atom stereocenters. The first kappa shape index (κ1) is 18.9. The van der Waals surface area contributed by atoms with Crippen molar-refractivity contribution in [1.82, 2.24) is 5.32 Å². The molecule has 128 valence electrons. The molecule has 0 spiro atoms. The first-order chi connectivity index (χ1) is 10.6. The van der Waals surface area contributed by atoms with Crippen molar-refractivity contribution in [2.24, 2.45) is 5.92 Å². The highest BCUT2D eigenvalue weighted by Gasteiger charge is 2.32. The van der Waals surface area contributed by atoms with Gasteiger partial charge in [0.25, 0.3) is 0 Å². The second-order valence-corrected chi connectivity index (χ2v) is 5.85. The number of hydrogen-bond acceptors (Lipinski definition) is 3. The van der Waals surface area contributed by atoms with E-state index in [1.54, 1.807) is 26.8 Å². The minimum absolute atomic E-state index is 0.0675. The first-order valence-electron chi connectivity index (χ1n) is 7.19. The summed E-state index contributed by atoms with van der Waals surface area (Å²) in [5.41, 5.74) is -0.617. The molecule has 0 aromatic heterocycles.